The third kappa shape index (κ3) is 1.49. The van der Waals surface area contributed by atoms with Gasteiger partial charge in [-0.25, -0.2) is 0 Å². The zero-order valence-electron chi connectivity index (χ0n) is 11.7. The van der Waals surface area contributed by atoms with Crippen molar-refractivity contribution in [3.63, 3.8) is 0 Å². The second kappa shape index (κ2) is 4.10. The molecule has 2 aromatic rings. The van der Waals surface area contributed by atoms with Gasteiger partial charge in [0.2, 0.25) is 5.78 Å². The normalized spacial score (nSPS) is 15.4. The van der Waals surface area contributed by atoms with E-state index in [9.17, 15) is 9.90 Å². The van der Waals surface area contributed by atoms with Crippen molar-refractivity contribution in [3.05, 3.63) is 58.7 Å². The summed E-state index contributed by atoms with van der Waals surface area (Å²) in [5.41, 5.74) is 2.36. The first-order valence-corrected chi connectivity index (χ1v) is 6.53. The van der Waals surface area contributed by atoms with E-state index in [0.29, 0.717) is 16.9 Å². The summed E-state index contributed by atoms with van der Waals surface area (Å²) in [6.45, 7) is 4.10. The van der Waals surface area contributed by atoms with Gasteiger partial charge in [-0.3, -0.25) is 4.79 Å². The highest BCUT2D eigenvalue weighted by atomic mass is 16.5. The molecule has 0 unspecified atom stereocenters. The van der Waals surface area contributed by atoms with Crippen LogP contribution in [0.2, 0.25) is 0 Å². The number of aromatic hydroxyl groups is 1. The summed E-state index contributed by atoms with van der Waals surface area (Å²) in [6.07, 6.45) is 0. The van der Waals surface area contributed by atoms with Gasteiger partial charge in [0.1, 0.15) is 11.5 Å². The lowest BCUT2D eigenvalue weighted by molar-refractivity contribution is 0.102. The van der Waals surface area contributed by atoms with Crippen LogP contribution >= 0.6 is 0 Å². The van der Waals surface area contributed by atoms with Crippen LogP contribution in [0.15, 0.2) is 36.4 Å². The molecule has 3 heteroatoms. The van der Waals surface area contributed by atoms with Crippen LogP contribution in [-0.4, -0.2) is 18.0 Å². The SMILES string of the molecule is COc1cccc2c1C(=O)c1c(O)cccc1C2(C)C. The van der Waals surface area contributed by atoms with Crippen molar-refractivity contribution in [2.24, 2.45) is 0 Å². The molecule has 0 bridgehead atoms. The molecule has 0 aromatic heterocycles. The van der Waals surface area contributed by atoms with E-state index < -0.39 is 0 Å². The van der Waals surface area contributed by atoms with Gasteiger partial charge in [-0.2, -0.15) is 0 Å². The van der Waals surface area contributed by atoms with Crippen LogP contribution in [-0.2, 0) is 5.41 Å². The Balaban J connectivity index is 2.41. The van der Waals surface area contributed by atoms with Crippen molar-refractivity contribution in [1.82, 2.24) is 0 Å². The van der Waals surface area contributed by atoms with E-state index in [4.69, 9.17) is 4.74 Å². The molecule has 0 amide bonds. The number of benzene rings is 2. The molecule has 0 aliphatic heterocycles. The lowest BCUT2D eigenvalue weighted by Crippen LogP contribution is -2.30. The first-order valence-electron chi connectivity index (χ1n) is 6.53. The van der Waals surface area contributed by atoms with E-state index in [1.165, 1.54) is 0 Å². The number of rotatable bonds is 1. The molecule has 0 heterocycles. The fourth-order valence-electron chi connectivity index (χ4n) is 3.03. The number of phenols is 1. The summed E-state index contributed by atoms with van der Waals surface area (Å²) >= 11 is 0. The molecule has 0 fully saturated rings. The number of fused-ring (bicyclic) bond motifs is 2. The summed E-state index contributed by atoms with van der Waals surface area (Å²) in [7, 11) is 1.55. The zero-order chi connectivity index (χ0) is 14.5. The third-order valence-corrected chi connectivity index (χ3v) is 4.09. The van der Waals surface area contributed by atoms with Gasteiger partial charge in [-0.05, 0) is 23.3 Å². The molecule has 0 atom stereocenters. The van der Waals surface area contributed by atoms with Gasteiger partial charge < -0.3 is 9.84 Å². The van der Waals surface area contributed by atoms with Crippen molar-refractivity contribution in [2.45, 2.75) is 19.3 Å². The molecule has 1 N–H and O–H groups in total. The molecule has 3 rings (SSSR count). The Labute approximate surface area is 117 Å². The van der Waals surface area contributed by atoms with Crippen LogP contribution in [0.4, 0.5) is 0 Å². The average molecular weight is 268 g/mol. The van der Waals surface area contributed by atoms with Crippen molar-refractivity contribution in [2.75, 3.05) is 7.11 Å². The molecule has 3 nitrogen and oxygen atoms in total. The molecule has 0 spiro atoms. The molecule has 1 aliphatic carbocycles. The monoisotopic (exact) mass is 268 g/mol. The van der Waals surface area contributed by atoms with Crippen LogP contribution in [0.3, 0.4) is 0 Å². The number of methoxy groups -OCH3 is 1. The van der Waals surface area contributed by atoms with E-state index in [1.807, 2.05) is 18.2 Å². The number of hydrogen-bond acceptors (Lipinski definition) is 3. The highest BCUT2D eigenvalue weighted by Gasteiger charge is 2.39. The Bertz CT molecular complexity index is 714. The summed E-state index contributed by atoms with van der Waals surface area (Å²) in [5, 5.41) is 10.1. The van der Waals surface area contributed by atoms with Gasteiger partial charge in [0, 0.05) is 5.41 Å². The minimum Gasteiger partial charge on any atom is -0.507 e. The maximum atomic E-state index is 12.8. The molecule has 20 heavy (non-hydrogen) atoms. The first-order chi connectivity index (χ1) is 9.48. The fraction of sp³-hybridized carbons (Fsp3) is 0.235. The number of phenolic OH excluding ortho intramolecular Hbond substituents is 1. The van der Waals surface area contributed by atoms with E-state index >= 15 is 0 Å². The van der Waals surface area contributed by atoms with Gasteiger partial charge in [0.25, 0.3) is 0 Å². The fourth-order valence-corrected chi connectivity index (χ4v) is 3.03. The summed E-state index contributed by atoms with van der Waals surface area (Å²) in [5.74, 6) is 0.400. The first kappa shape index (κ1) is 12.7. The molecule has 102 valence electrons. The Morgan fingerprint density at radius 3 is 2.25 bits per heavy atom. The predicted octanol–water partition coefficient (Wildman–Crippen LogP) is 3.27. The summed E-state index contributed by atoms with van der Waals surface area (Å²) in [4.78, 5) is 12.8. The molecular weight excluding hydrogens is 252 g/mol. The standard InChI is InChI=1S/C17H16O3/c1-17(2)10-6-4-8-12(18)14(10)16(19)15-11(17)7-5-9-13(15)20-3/h4-9,18H,1-3H3. The lowest BCUT2D eigenvalue weighted by atomic mass is 9.68. The second-order valence-electron chi connectivity index (χ2n) is 5.54. The topological polar surface area (TPSA) is 46.5 Å². The summed E-state index contributed by atoms with van der Waals surface area (Å²) < 4.78 is 5.33. The molecule has 1 aliphatic rings. The highest BCUT2D eigenvalue weighted by molar-refractivity contribution is 6.16. The minimum absolute atomic E-state index is 0.0251. The number of hydrogen-bond donors (Lipinski definition) is 1. The number of ketones is 1. The van der Waals surface area contributed by atoms with Crippen LogP contribution in [0.5, 0.6) is 11.5 Å². The van der Waals surface area contributed by atoms with E-state index in [2.05, 4.69) is 13.8 Å². The Morgan fingerprint density at radius 1 is 1.00 bits per heavy atom. The van der Waals surface area contributed by atoms with Crippen molar-refractivity contribution in [3.8, 4) is 11.5 Å². The Hall–Kier alpha value is -2.29. The molecule has 0 saturated heterocycles. The molecule has 0 saturated carbocycles. The largest absolute Gasteiger partial charge is 0.507 e. The molecular formula is C17H16O3. The maximum absolute atomic E-state index is 12.8. The second-order valence-corrected chi connectivity index (χ2v) is 5.54. The van der Waals surface area contributed by atoms with Gasteiger partial charge >= 0.3 is 0 Å². The smallest absolute Gasteiger partial charge is 0.201 e. The van der Waals surface area contributed by atoms with Gasteiger partial charge in [0.15, 0.2) is 0 Å². The van der Waals surface area contributed by atoms with Crippen LogP contribution in [0.25, 0.3) is 0 Å². The van der Waals surface area contributed by atoms with Crippen molar-refractivity contribution < 1.29 is 14.6 Å². The minimum atomic E-state index is -0.355. The summed E-state index contributed by atoms with van der Waals surface area (Å²) in [6, 6.07) is 10.8. The van der Waals surface area contributed by atoms with Gasteiger partial charge in [-0.1, -0.05) is 38.1 Å². The van der Waals surface area contributed by atoms with Crippen molar-refractivity contribution >= 4 is 5.78 Å². The Kier molecular flexibility index (Phi) is 2.61. The zero-order valence-corrected chi connectivity index (χ0v) is 11.7. The Morgan fingerprint density at radius 2 is 1.60 bits per heavy atom. The van der Waals surface area contributed by atoms with Crippen molar-refractivity contribution in [1.29, 1.82) is 0 Å². The number of carbonyl (C=O) groups excluding carboxylic acids is 1. The average Bonchev–Trinajstić information content (AvgIpc) is 2.44. The van der Waals surface area contributed by atoms with E-state index in [-0.39, 0.29) is 16.9 Å². The van der Waals surface area contributed by atoms with Crippen LogP contribution < -0.4 is 4.74 Å². The lowest BCUT2D eigenvalue weighted by Gasteiger charge is -2.35. The third-order valence-electron chi connectivity index (χ3n) is 4.09. The van der Waals surface area contributed by atoms with E-state index in [1.54, 1.807) is 25.3 Å². The number of ether oxygens (including phenoxy) is 1. The van der Waals surface area contributed by atoms with Gasteiger partial charge in [0.05, 0.1) is 18.2 Å². The van der Waals surface area contributed by atoms with Crippen LogP contribution in [0, 0.1) is 0 Å². The maximum Gasteiger partial charge on any atom is 0.201 e. The predicted molar refractivity (Wildman–Crippen MR) is 76.7 cm³/mol. The highest BCUT2D eigenvalue weighted by Crippen LogP contribution is 2.46. The van der Waals surface area contributed by atoms with E-state index in [0.717, 1.165) is 11.1 Å². The van der Waals surface area contributed by atoms with Gasteiger partial charge in [-0.15, -0.1) is 0 Å². The molecule has 2 aromatic carbocycles. The van der Waals surface area contributed by atoms with Crippen LogP contribution in [0.1, 0.15) is 40.9 Å². The quantitative estimate of drug-likeness (QED) is 0.863. The number of carbonyl (C=O) groups is 1. The molecule has 0 radical (unpaired) electrons.